The van der Waals surface area contributed by atoms with E-state index in [0.717, 1.165) is 25.9 Å². The summed E-state index contributed by atoms with van der Waals surface area (Å²) < 4.78 is 0. The van der Waals surface area contributed by atoms with Crippen molar-refractivity contribution < 1.29 is 9.90 Å². The van der Waals surface area contributed by atoms with Gasteiger partial charge in [0.05, 0.1) is 6.42 Å². The van der Waals surface area contributed by atoms with Crippen LogP contribution in [0.5, 0.6) is 0 Å². The van der Waals surface area contributed by atoms with Crippen LogP contribution in [0.4, 0.5) is 0 Å². The van der Waals surface area contributed by atoms with Crippen LogP contribution >= 0.6 is 0 Å². The van der Waals surface area contributed by atoms with Crippen LogP contribution in [0.1, 0.15) is 36.8 Å². The Hall–Kier alpha value is -1.35. The lowest BCUT2D eigenvalue weighted by molar-refractivity contribution is -0.138. The monoisotopic (exact) mass is 247 g/mol. The molecule has 1 aromatic rings. The van der Waals surface area contributed by atoms with Gasteiger partial charge in [0.25, 0.3) is 0 Å². The summed E-state index contributed by atoms with van der Waals surface area (Å²) in [6, 6.07) is 8.72. The summed E-state index contributed by atoms with van der Waals surface area (Å²) in [7, 11) is 0. The minimum Gasteiger partial charge on any atom is -0.481 e. The second kappa shape index (κ2) is 6.01. The van der Waals surface area contributed by atoms with Gasteiger partial charge in [-0.3, -0.25) is 9.69 Å². The van der Waals surface area contributed by atoms with Gasteiger partial charge in [-0.2, -0.15) is 0 Å². The van der Waals surface area contributed by atoms with Crippen molar-refractivity contribution in [2.45, 2.75) is 45.2 Å². The van der Waals surface area contributed by atoms with Gasteiger partial charge in [0.1, 0.15) is 0 Å². The fraction of sp³-hybridized carbons (Fsp3) is 0.533. The van der Waals surface area contributed by atoms with Crippen molar-refractivity contribution in [2.24, 2.45) is 0 Å². The predicted molar refractivity (Wildman–Crippen MR) is 71.5 cm³/mol. The molecule has 0 radical (unpaired) electrons. The van der Waals surface area contributed by atoms with Crippen LogP contribution in [-0.2, 0) is 11.3 Å². The third-order valence-electron chi connectivity index (χ3n) is 3.67. The fourth-order valence-corrected chi connectivity index (χ4v) is 2.63. The van der Waals surface area contributed by atoms with E-state index < -0.39 is 5.97 Å². The normalized spacial score (nSPS) is 20.8. The second-order valence-corrected chi connectivity index (χ2v) is 5.20. The van der Waals surface area contributed by atoms with Gasteiger partial charge in [-0.15, -0.1) is 0 Å². The van der Waals surface area contributed by atoms with E-state index in [0.29, 0.717) is 0 Å². The van der Waals surface area contributed by atoms with E-state index in [1.54, 1.807) is 0 Å². The molecule has 2 rings (SSSR count). The summed E-state index contributed by atoms with van der Waals surface area (Å²) in [4.78, 5) is 13.2. The van der Waals surface area contributed by atoms with E-state index in [2.05, 4.69) is 36.1 Å². The molecule has 1 N–H and O–H groups in total. The van der Waals surface area contributed by atoms with Crippen molar-refractivity contribution in [3.63, 3.8) is 0 Å². The number of hydrogen-bond acceptors (Lipinski definition) is 2. The Bertz CT molecular complexity index is 399. The van der Waals surface area contributed by atoms with Crippen molar-refractivity contribution in [1.82, 2.24) is 4.90 Å². The first-order valence-electron chi connectivity index (χ1n) is 6.66. The molecular weight excluding hydrogens is 226 g/mol. The Kier molecular flexibility index (Phi) is 4.37. The topological polar surface area (TPSA) is 40.5 Å². The standard InChI is InChI=1S/C15H21NO2/c1-12-5-7-13(8-6-12)11-16-9-3-2-4-14(16)10-15(17)18/h5-8,14H,2-4,9-11H2,1H3,(H,17,18). The van der Waals surface area contributed by atoms with Gasteiger partial charge in [-0.25, -0.2) is 0 Å². The van der Waals surface area contributed by atoms with Crippen LogP contribution in [-0.4, -0.2) is 28.6 Å². The summed E-state index contributed by atoms with van der Waals surface area (Å²) in [6.07, 6.45) is 3.62. The number of carboxylic acid groups (broad SMARTS) is 1. The second-order valence-electron chi connectivity index (χ2n) is 5.20. The van der Waals surface area contributed by atoms with Gasteiger partial charge in [0.15, 0.2) is 0 Å². The maximum atomic E-state index is 10.9. The van der Waals surface area contributed by atoms with Gasteiger partial charge in [0.2, 0.25) is 0 Å². The van der Waals surface area contributed by atoms with E-state index in [-0.39, 0.29) is 12.5 Å². The highest BCUT2D eigenvalue weighted by Gasteiger charge is 2.24. The summed E-state index contributed by atoms with van der Waals surface area (Å²) in [5.41, 5.74) is 2.54. The number of likely N-dealkylation sites (tertiary alicyclic amines) is 1. The van der Waals surface area contributed by atoms with Crippen molar-refractivity contribution in [3.8, 4) is 0 Å². The maximum absolute atomic E-state index is 10.9. The molecule has 0 saturated carbocycles. The minimum absolute atomic E-state index is 0.206. The Morgan fingerprint density at radius 2 is 2.06 bits per heavy atom. The van der Waals surface area contributed by atoms with Crippen molar-refractivity contribution >= 4 is 5.97 Å². The molecule has 0 spiro atoms. The molecule has 18 heavy (non-hydrogen) atoms. The summed E-state index contributed by atoms with van der Waals surface area (Å²) in [5, 5.41) is 8.96. The Morgan fingerprint density at radius 1 is 1.33 bits per heavy atom. The van der Waals surface area contributed by atoms with E-state index in [4.69, 9.17) is 5.11 Å². The minimum atomic E-state index is -0.684. The molecule has 1 aliphatic heterocycles. The number of carbonyl (C=O) groups is 1. The first kappa shape index (κ1) is 13.1. The Morgan fingerprint density at radius 3 is 2.72 bits per heavy atom. The fourth-order valence-electron chi connectivity index (χ4n) is 2.63. The Labute approximate surface area is 108 Å². The van der Waals surface area contributed by atoms with E-state index in [9.17, 15) is 4.79 Å². The zero-order valence-electron chi connectivity index (χ0n) is 10.9. The lowest BCUT2D eigenvalue weighted by Gasteiger charge is -2.35. The zero-order valence-corrected chi connectivity index (χ0v) is 10.9. The molecule has 0 bridgehead atoms. The summed E-state index contributed by atoms with van der Waals surface area (Å²) >= 11 is 0. The number of hydrogen-bond donors (Lipinski definition) is 1. The molecule has 1 unspecified atom stereocenters. The number of aryl methyl sites for hydroxylation is 1. The molecule has 0 aromatic heterocycles. The largest absolute Gasteiger partial charge is 0.481 e. The number of nitrogens with zero attached hydrogens (tertiary/aromatic N) is 1. The molecule has 1 aromatic carbocycles. The molecule has 0 aliphatic carbocycles. The molecular formula is C15H21NO2. The van der Waals surface area contributed by atoms with Crippen LogP contribution in [0.2, 0.25) is 0 Å². The van der Waals surface area contributed by atoms with Gasteiger partial charge in [0, 0.05) is 12.6 Å². The summed E-state index contributed by atoms with van der Waals surface area (Å²) in [6.45, 7) is 3.97. The molecule has 1 heterocycles. The lowest BCUT2D eigenvalue weighted by Crippen LogP contribution is -2.40. The van der Waals surface area contributed by atoms with E-state index in [1.807, 2.05) is 0 Å². The molecule has 1 atom stereocenters. The van der Waals surface area contributed by atoms with Gasteiger partial charge < -0.3 is 5.11 Å². The molecule has 3 heteroatoms. The average Bonchev–Trinajstić information content (AvgIpc) is 2.34. The molecule has 3 nitrogen and oxygen atoms in total. The Balaban J connectivity index is 2.00. The third-order valence-corrected chi connectivity index (χ3v) is 3.67. The van der Waals surface area contributed by atoms with Crippen molar-refractivity contribution in [2.75, 3.05) is 6.54 Å². The van der Waals surface area contributed by atoms with Crippen molar-refractivity contribution in [3.05, 3.63) is 35.4 Å². The van der Waals surface area contributed by atoms with Crippen LogP contribution < -0.4 is 0 Å². The first-order valence-corrected chi connectivity index (χ1v) is 6.66. The maximum Gasteiger partial charge on any atom is 0.304 e. The highest BCUT2D eigenvalue weighted by Crippen LogP contribution is 2.22. The SMILES string of the molecule is Cc1ccc(CN2CCCCC2CC(=O)O)cc1. The number of benzene rings is 1. The molecule has 98 valence electrons. The first-order chi connectivity index (χ1) is 8.65. The summed E-state index contributed by atoms with van der Waals surface area (Å²) in [5.74, 6) is -0.684. The molecule has 1 saturated heterocycles. The van der Waals surface area contributed by atoms with E-state index >= 15 is 0 Å². The van der Waals surface area contributed by atoms with Crippen LogP contribution in [0.3, 0.4) is 0 Å². The molecule has 1 fully saturated rings. The van der Waals surface area contributed by atoms with Crippen molar-refractivity contribution in [1.29, 1.82) is 0 Å². The predicted octanol–water partition coefficient (Wildman–Crippen LogP) is 2.82. The highest BCUT2D eigenvalue weighted by atomic mass is 16.4. The van der Waals surface area contributed by atoms with Crippen LogP contribution in [0, 0.1) is 6.92 Å². The van der Waals surface area contributed by atoms with Gasteiger partial charge >= 0.3 is 5.97 Å². The van der Waals surface area contributed by atoms with E-state index in [1.165, 1.54) is 17.5 Å². The number of piperidine rings is 1. The number of carboxylic acids is 1. The number of aliphatic carboxylic acids is 1. The molecule has 1 aliphatic rings. The molecule has 0 amide bonds. The highest BCUT2D eigenvalue weighted by molar-refractivity contribution is 5.67. The van der Waals surface area contributed by atoms with Crippen LogP contribution in [0.25, 0.3) is 0 Å². The third kappa shape index (κ3) is 3.57. The zero-order chi connectivity index (χ0) is 13.0. The smallest absolute Gasteiger partial charge is 0.304 e. The number of rotatable bonds is 4. The van der Waals surface area contributed by atoms with Crippen LogP contribution in [0.15, 0.2) is 24.3 Å². The quantitative estimate of drug-likeness (QED) is 0.889. The van der Waals surface area contributed by atoms with Gasteiger partial charge in [-0.05, 0) is 31.9 Å². The average molecular weight is 247 g/mol. The lowest BCUT2D eigenvalue weighted by atomic mass is 9.98. The van der Waals surface area contributed by atoms with Gasteiger partial charge in [-0.1, -0.05) is 36.2 Å².